The first-order valence-electron chi connectivity index (χ1n) is 18.3. The van der Waals surface area contributed by atoms with Crippen molar-refractivity contribution in [1.29, 1.82) is 0 Å². The van der Waals surface area contributed by atoms with Crippen LogP contribution in [0.25, 0.3) is 41.7 Å². The number of benzene rings is 8. The number of thiophene rings is 1. The summed E-state index contributed by atoms with van der Waals surface area (Å²) in [4.78, 5) is 4.86. The average Bonchev–Trinajstić information content (AvgIpc) is 3.58. The highest BCUT2D eigenvalue weighted by Crippen LogP contribution is 2.50. The smallest absolute Gasteiger partial charge is 0.0554 e. The van der Waals surface area contributed by atoms with Crippen LogP contribution in [0.4, 0.5) is 34.1 Å². The Bertz CT molecular complexity index is 2680. The van der Waals surface area contributed by atoms with Crippen molar-refractivity contribution in [2.24, 2.45) is 0 Å². The minimum absolute atomic E-state index is 0.475. The second kappa shape index (κ2) is 13.3. The number of nitrogens with zero attached hydrogens (tertiary/aromatic N) is 2. The van der Waals surface area contributed by atoms with Gasteiger partial charge in [0.15, 0.2) is 0 Å². The van der Waals surface area contributed by atoms with Gasteiger partial charge in [-0.05, 0) is 89.5 Å². The SMILES string of the molecule is CCc1ccc(N(c2ccccc2)c2cc3c(sc4cc(N(c5ccccc5)c5ccc(C(C)C)cc5)c5ccccc5c43)c3ccccc23)cc1. The van der Waals surface area contributed by atoms with E-state index in [2.05, 4.69) is 200 Å². The molecule has 0 radical (unpaired) electrons. The quantitative estimate of drug-likeness (QED) is 0.157. The topological polar surface area (TPSA) is 6.48 Å². The van der Waals surface area contributed by atoms with Crippen molar-refractivity contribution in [1.82, 2.24) is 0 Å². The monoisotopic (exact) mass is 688 g/mol. The molecule has 2 nitrogen and oxygen atoms in total. The van der Waals surface area contributed by atoms with E-state index >= 15 is 0 Å². The lowest BCUT2D eigenvalue weighted by Crippen LogP contribution is -2.10. The van der Waals surface area contributed by atoms with Gasteiger partial charge in [0.05, 0.1) is 11.4 Å². The first-order chi connectivity index (χ1) is 25.6. The van der Waals surface area contributed by atoms with E-state index in [9.17, 15) is 0 Å². The van der Waals surface area contributed by atoms with Crippen LogP contribution in [0, 0.1) is 0 Å². The molecule has 0 fully saturated rings. The van der Waals surface area contributed by atoms with E-state index in [4.69, 9.17) is 0 Å². The summed E-state index contributed by atoms with van der Waals surface area (Å²) in [5, 5.41) is 7.61. The largest absolute Gasteiger partial charge is 0.310 e. The predicted molar refractivity (Wildman–Crippen MR) is 227 cm³/mol. The summed E-state index contributed by atoms with van der Waals surface area (Å²) < 4.78 is 2.60. The molecule has 0 spiro atoms. The molecule has 9 aromatic rings. The van der Waals surface area contributed by atoms with Crippen molar-refractivity contribution in [2.75, 3.05) is 9.80 Å². The van der Waals surface area contributed by atoms with Crippen molar-refractivity contribution >= 4 is 87.2 Å². The summed E-state index contributed by atoms with van der Waals surface area (Å²) in [5.74, 6) is 0.475. The van der Waals surface area contributed by atoms with Gasteiger partial charge in [-0.3, -0.25) is 0 Å². The van der Waals surface area contributed by atoms with Crippen LogP contribution in [0.3, 0.4) is 0 Å². The molecule has 0 aliphatic carbocycles. The zero-order chi connectivity index (χ0) is 35.2. The van der Waals surface area contributed by atoms with Crippen molar-refractivity contribution in [3.63, 3.8) is 0 Å². The minimum Gasteiger partial charge on any atom is -0.310 e. The van der Waals surface area contributed by atoms with Crippen LogP contribution in [0.15, 0.2) is 170 Å². The van der Waals surface area contributed by atoms with Crippen LogP contribution < -0.4 is 9.80 Å². The second-order valence-electron chi connectivity index (χ2n) is 13.8. The fraction of sp³-hybridized carbons (Fsp3) is 0.102. The van der Waals surface area contributed by atoms with Crippen LogP contribution in [0.5, 0.6) is 0 Å². The summed E-state index contributed by atoms with van der Waals surface area (Å²) in [7, 11) is 0. The molecule has 0 amide bonds. The lowest BCUT2D eigenvalue weighted by molar-refractivity contribution is 0.866. The van der Waals surface area contributed by atoms with Crippen LogP contribution in [-0.4, -0.2) is 0 Å². The fourth-order valence-electron chi connectivity index (χ4n) is 7.69. The van der Waals surface area contributed by atoms with E-state index < -0.39 is 0 Å². The molecule has 1 heterocycles. The molecule has 0 atom stereocenters. The molecular weight excluding hydrogens is 649 g/mol. The van der Waals surface area contributed by atoms with Gasteiger partial charge in [-0.25, -0.2) is 0 Å². The first-order valence-corrected chi connectivity index (χ1v) is 19.1. The Labute approximate surface area is 309 Å². The molecule has 0 unspecified atom stereocenters. The Morgan fingerprint density at radius 3 is 1.48 bits per heavy atom. The molecule has 0 bridgehead atoms. The van der Waals surface area contributed by atoms with E-state index in [1.807, 2.05) is 11.3 Å². The van der Waals surface area contributed by atoms with Crippen LogP contribution in [0.2, 0.25) is 0 Å². The Kier molecular flexibility index (Phi) is 8.22. The molecule has 0 N–H and O–H groups in total. The van der Waals surface area contributed by atoms with E-state index in [0.29, 0.717) is 5.92 Å². The highest BCUT2D eigenvalue weighted by atomic mass is 32.1. The van der Waals surface area contributed by atoms with E-state index in [-0.39, 0.29) is 0 Å². The van der Waals surface area contributed by atoms with Crippen LogP contribution >= 0.6 is 11.3 Å². The predicted octanol–water partition coefficient (Wildman–Crippen LogP) is 15.0. The molecule has 0 aliphatic rings. The molecular formula is C49H40N2S. The highest BCUT2D eigenvalue weighted by molar-refractivity contribution is 7.27. The average molecular weight is 689 g/mol. The number of rotatable bonds is 8. The number of hydrogen-bond donors (Lipinski definition) is 0. The summed E-state index contributed by atoms with van der Waals surface area (Å²) in [6.07, 6.45) is 1.02. The van der Waals surface area contributed by atoms with Gasteiger partial charge in [0.25, 0.3) is 0 Å². The lowest BCUT2D eigenvalue weighted by atomic mass is 9.97. The Hall–Kier alpha value is -5.90. The third-order valence-electron chi connectivity index (χ3n) is 10.4. The summed E-state index contributed by atoms with van der Waals surface area (Å²) >= 11 is 1.91. The molecule has 0 saturated carbocycles. The normalized spacial score (nSPS) is 11.6. The number of aryl methyl sites for hydroxylation is 1. The summed E-state index contributed by atoms with van der Waals surface area (Å²) in [6.45, 7) is 6.72. The van der Waals surface area contributed by atoms with Gasteiger partial charge >= 0.3 is 0 Å². The van der Waals surface area contributed by atoms with E-state index in [1.165, 1.54) is 64.2 Å². The summed E-state index contributed by atoms with van der Waals surface area (Å²) in [6, 6.07) is 62.5. The van der Waals surface area contributed by atoms with Gasteiger partial charge < -0.3 is 9.80 Å². The minimum atomic E-state index is 0.475. The highest BCUT2D eigenvalue weighted by Gasteiger charge is 2.23. The fourth-order valence-corrected chi connectivity index (χ4v) is 8.96. The van der Waals surface area contributed by atoms with Gasteiger partial charge in [-0.2, -0.15) is 0 Å². The van der Waals surface area contributed by atoms with Gasteiger partial charge in [-0.15, -0.1) is 11.3 Å². The van der Waals surface area contributed by atoms with E-state index in [0.717, 1.165) is 29.2 Å². The maximum Gasteiger partial charge on any atom is 0.0554 e. The van der Waals surface area contributed by atoms with Crippen molar-refractivity contribution in [3.8, 4) is 0 Å². The molecule has 1 aromatic heterocycles. The second-order valence-corrected chi connectivity index (χ2v) is 14.9. The molecule has 0 aliphatic heterocycles. The first kappa shape index (κ1) is 32.0. The molecule has 52 heavy (non-hydrogen) atoms. The van der Waals surface area contributed by atoms with Gasteiger partial charge in [0, 0.05) is 59.1 Å². The van der Waals surface area contributed by atoms with Gasteiger partial charge in [-0.1, -0.05) is 130 Å². The molecule has 0 saturated heterocycles. The third kappa shape index (κ3) is 5.49. The Morgan fingerprint density at radius 1 is 0.462 bits per heavy atom. The standard InChI is InChI=1S/C49H40N2S/c1-4-34-23-27-38(28-24-34)50(36-15-7-5-8-16-36)45-31-44-48-42-21-13-11-19-40(42)46(32-47(48)52-49(44)43-22-14-12-20-41(43)45)51(37-17-9-6-10-18-37)39-29-25-35(26-30-39)33(2)3/h5-33H,4H2,1-3H3. The van der Waals surface area contributed by atoms with Crippen LogP contribution in [-0.2, 0) is 6.42 Å². The molecule has 8 aromatic carbocycles. The zero-order valence-electron chi connectivity index (χ0n) is 29.8. The van der Waals surface area contributed by atoms with Crippen molar-refractivity contribution in [2.45, 2.75) is 33.1 Å². The molecule has 3 heteroatoms. The third-order valence-corrected chi connectivity index (χ3v) is 11.6. The van der Waals surface area contributed by atoms with Crippen LogP contribution in [0.1, 0.15) is 37.8 Å². The maximum absolute atomic E-state index is 2.45. The van der Waals surface area contributed by atoms with Crippen molar-refractivity contribution in [3.05, 3.63) is 181 Å². The lowest BCUT2D eigenvalue weighted by Gasteiger charge is -2.28. The Morgan fingerprint density at radius 2 is 0.923 bits per heavy atom. The molecule has 9 rings (SSSR count). The van der Waals surface area contributed by atoms with Crippen molar-refractivity contribution < 1.29 is 0 Å². The number of para-hydroxylation sites is 2. The summed E-state index contributed by atoms with van der Waals surface area (Å²) in [5.41, 5.74) is 9.64. The van der Waals surface area contributed by atoms with E-state index in [1.54, 1.807) is 0 Å². The zero-order valence-corrected chi connectivity index (χ0v) is 30.6. The maximum atomic E-state index is 2.45. The molecule has 252 valence electrons. The Balaban J connectivity index is 1.34. The number of hydrogen-bond acceptors (Lipinski definition) is 3. The van der Waals surface area contributed by atoms with Gasteiger partial charge in [0.2, 0.25) is 0 Å². The number of anilines is 6. The van der Waals surface area contributed by atoms with Gasteiger partial charge in [0.1, 0.15) is 0 Å². The number of fused-ring (bicyclic) bond motifs is 7.